The van der Waals surface area contributed by atoms with E-state index in [1.807, 2.05) is 60.0 Å². The quantitative estimate of drug-likeness (QED) is 0.397. The maximum absolute atomic E-state index is 12.9. The maximum atomic E-state index is 12.9. The lowest BCUT2D eigenvalue weighted by molar-refractivity contribution is 0.0645. The van der Waals surface area contributed by atoms with Crippen molar-refractivity contribution in [1.29, 1.82) is 0 Å². The Kier molecular flexibility index (Phi) is 5.07. The normalized spacial score (nSPS) is 15.3. The van der Waals surface area contributed by atoms with Gasteiger partial charge in [-0.05, 0) is 30.3 Å². The Morgan fingerprint density at radius 1 is 0.886 bits per heavy atom. The number of rotatable bonds is 4. The van der Waals surface area contributed by atoms with Gasteiger partial charge < -0.3 is 0 Å². The summed E-state index contributed by atoms with van der Waals surface area (Å²) in [6, 6.07) is 22.5. The van der Waals surface area contributed by atoms with Gasteiger partial charge in [0.05, 0.1) is 22.5 Å². The van der Waals surface area contributed by atoms with Crippen molar-refractivity contribution in [3.8, 4) is 5.69 Å². The van der Waals surface area contributed by atoms with Crippen molar-refractivity contribution in [2.75, 3.05) is 6.54 Å². The zero-order chi connectivity index (χ0) is 24.1. The molecule has 1 aromatic heterocycles. The second kappa shape index (κ2) is 8.29. The van der Waals surface area contributed by atoms with Gasteiger partial charge in [-0.3, -0.25) is 24.0 Å². The number of aromatic nitrogens is 3. The summed E-state index contributed by atoms with van der Waals surface area (Å²) in [4.78, 5) is 32.0. The van der Waals surface area contributed by atoms with E-state index in [1.54, 1.807) is 24.3 Å². The van der Waals surface area contributed by atoms with Gasteiger partial charge in [0, 0.05) is 28.6 Å². The lowest BCUT2D eigenvalue weighted by Gasteiger charge is -2.21. The largest absolute Gasteiger partial charge is 0.280 e. The summed E-state index contributed by atoms with van der Waals surface area (Å²) >= 11 is 6.40. The van der Waals surface area contributed by atoms with Crippen LogP contribution in [-0.4, -0.2) is 43.7 Å². The SMILES string of the molecule is CC(CN1C(=O)c2ccccc2C1=O)c1nnc2n1-c1ccc(Cl)cc1C(c1ccccc1)=NC2. The van der Waals surface area contributed by atoms with E-state index in [9.17, 15) is 9.59 Å². The van der Waals surface area contributed by atoms with Crippen molar-refractivity contribution in [2.24, 2.45) is 4.99 Å². The van der Waals surface area contributed by atoms with Gasteiger partial charge in [0.15, 0.2) is 5.82 Å². The molecule has 3 heterocycles. The van der Waals surface area contributed by atoms with Gasteiger partial charge in [0.25, 0.3) is 11.8 Å². The number of carbonyl (C=O) groups excluding carboxylic acids is 2. The van der Waals surface area contributed by atoms with Crippen LogP contribution in [0.2, 0.25) is 5.02 Å². The minimum atomic E-state index is -0.282. The third kappa shape index (κ3) is 3.47. The molecule has 172 valence electrons. The molecule has 4 aromatic rings. The van der Waals surface area contributed by atoms with Crippen molar-refractivity contribution in [3.63, 3.8) is 0 Å². The highest BCUT2D eigenvalue weighted by Gasteiger charge is 2.37. The van der Waals surface area contributed by atoms with Crippen LogP contribution >= 0.6 is 11.6 Å². The van der Waals surface area contributed by atoms with Crippen molar-refractivity contribution in [2.45, 2.75) is 19.4 Å². The summed E-state index contributed by atoms with van der Waals surface area (Å²) < 4.78 is 1.98. The summed E-state index contributed by atoms with van der Waals surface area (Å²) in [6.07, 6.45) is 0. The van der Waals surface area contributed by atoms with Gasteiger partial charge >= 0.3 is 0 Å². The molecule has 0 saturated carbocycles. The van der Waals surface area contributed by atoms with E-state index in [0.29, 0.717) is 34.3 Å². The molecule has 0 N–H and O–H groups in total. The number of nitrogens with zero attached hydrogens (tertiary/aromatic N) is 5. The molecule has 0 bridgehead atoms. The third-order valence-corrected chi connectivity index (χ3v) is 6.65. The highest BCUT2D eigenvalue weighted by molar-refractivity contribution is 6.31. The number of benzene rings is 3. The number of fused-ring (bicyclic) bond motifs is 4. The first-order valence-corrected chi connectivity index (χ1v) is 11.7. The second-order valence-electron chi connectivity index (χ2n) is 8.67. The highest BCUT2D eigenvalue weighted by atomic mass is 35.5. The number of hydrogen-bond donors (Lipinski definition) is 0. The van der Waals surface area contributed by atoms with E-state index >= 15 is 0 Å². The molecule has 6 rings (SSSR count). The zero-order valence-corrected chi connectivity index (χ0v) is 19.6. The summed E-state index contributed by atoms with van der Waals surface area (Å²) in [5.74, 6) is 0.512. The van der Waals surface area contributed by atoms with E-state index in [2.05, 4.69) is 10.2 Å². The van der Waals surface area contributed by atoms with Crippen LogP contribution < -0.4 is 0 Å². The Labute approximate surface area is 206 Å². The molecule has 0 saturated heterocycles. The summed E-state index contributed by atoms with van der Waals surface area (Å²) in [5.41, 5.74) is 4.41. The molecule has 2 aliphatic rings. The Balaban J connectivity index is 1.40. The molecular formula is C27H20ClN5O2. The van der Waals surface area contributed by atoms with Crippen LogP contribution in [0.4, 0.5) is 0 Å². The number of carbonyl (C=O) groups is 2. The Hall–Kier alpha value is -4.10. The number of hydrogen-bond acceptors (Lipinski definition) is 5. The molecular weight excluding hydrogens is 462 g/mol. The Morgan fingerprint density at radius 2 is 1.57 bits per heavy atom. The molecule has 0 spiro atoms. The molecule has 2 amide bonds. The van der Waals surface area contributed by atoms with E-state index < -0.39 is 0 Å². The average molecular weight is 482 g/mol. The second-order valence-corrected chi connectivity index (χ2v) is 9.11. The fraction of sp³-hybridized carbons (Fsp3) is 0.148. The fourth-order valence-electron chi connectivity index (χ4n) is 4.75. The Bertz CT molecular complexity index is 1490. The van der Waals surface area contributed by atoms with Crippen molar-refractivity contribution >= 4 is 29.1 Å². The van der Waals surface area contributed by atoms with Crippen LogP contribution in [0.5, 0.6) is 0 Å². The van der Waals surface area contributed by atoms with Crippen LogP contribution in [0.1, 0.15) is 56.3 Å². The number of halogens is 1. The standard InChI is InChI=1S/C27H20ClN5O2/c1-16(15-32-26(34)19-9-5-6-10-20(19)27(32)35)25-31-30-23-14-29-24(17-7-3-2-4-8-17)21-13-18(28)11-12-22(21)33(23)25/h2-13,16H,14-15H2,1H3. The predicted molar refractivity (Wildman–Crippen MR) is 132 cm³/mol. The van der Waals surface area contributed by atoms with E-state index in [-0.39, 0.29) is 24.3 Å². The molecule has 0 radical (unpaired) electrons. The lowest BCUT2D eigenvalue weighted by Crippen LogP contribution is -2.34. The molecule has 35 heavy (non-hydrogen) atoms. The van der Waals surface area contributed by atoms with Crippen LogP contribution in [0.3, 0.4) is 0 Å². The number of imide groups is 1. The average Bonchev–Trinajstić information content (AvgIpc) is 3.35. The number of aliphatic imine (C=N–C) groups is 1. The minimum Gasteiger partial charge on any atom is -0.280 e. The molecule has 8 heteroatoms. The van der Waals surface area contributed by atoms with E-state index in [0.717, 1.165) is 22.5 Å². The van der Waals surface area contributed by atoms with Crippen LogP contribution in [0.15, 0.2) is 77.8 Å². The smallest absolute Gasteiger partial charge is 0.261 e. The fourth-order valence-corrected chi connectivity index (χ4v) is 4.92. The van der Waals surface area contributed by atoms with Crippen molar-refractivity contribution in [3.05, 3.63) is 112 Å². The first-order valence-electron chi connectivity index (χ1n) is 11.3. The van der Waals surface area contributed by atoms with Gasteiger partial charge in [-0.15, -0.1) is 10.2 Å². The molecule has 0 fully saturated rings. The third-order valence-electron chi connectivity index (χ3n) is 6.41. The lowest BCUT2D eigenvalue weighted by atomic mass is 10.00. The summed E-state index contributed by atoms with van der Waals surface area (Å²) in [7, 11) is 0. The van der Waals surface area contributed by atoms with E-state index in [4.69, 9.17) is 16.6 Å². The topological polar surface area (TPSA) is 80.5 Å². The van der Waals surface area contributed by atoms with Crippen molar-refractivity contribution < 1.29 is 9.59 Å². The van der Waals surface area contributed by atoms with Crippen LogP contribution in [0, 0.1) is 0 Å². The minimum absolute atomic E-state index is 0.194. The molecule has 1 atom stereocenters. The first-order chi connectivity index (χ1) is 17.0. The van der Waals surface area contributed by atoms with Crippen molar-refractivity contribution in [1.82, 2.24) is 19.7 Å². The molecule has 7 nitrogen and oxygen atoms in total. The highest BCUT2D eigenvalue weighted by Crippen LogP contribution is 2.31. The van der Waals surface area contributed by atoms with Crippen LogP contribution in [0.25, 0.3) is 5.69 Å². The number of amides is 2. The molecule has 0 aliphatic carbocycles. The first kappa shape index (κ1) is 21.4. The van der Waals surface area contributed by atoms with Crippen LogP contribution in [-0.2, 0) is 6.54 Å². The monoisotopic (exact) mass is 481 g/mol. The van der Waals surface area contributed by atoms with Gasteiger partial charge in [0.2, 0.25) is 0 Å². The van der Waals surface area contributed by atoms with Gasteiger partial charge in [-0.25, -0.2) is 0 Å². The molecule has 1 unspecified atom stereocenters. The predicted octanol–water partition coefficient (Wildman–Crippen LogP) is 4.67. The molecule has 2 aliphatic heterocycles. The maximum Gasteiger partial charge on any atom is 0.261 e. The van der Waals surface area contributed by atoms with E-state index in [1.165, 1.54) is 4.90 Å². The van der Waals surface area contributed by atoms with Gasteiger partial charge in [-0.1, -0.05) is 61.0 Å². The summed E-state index contributed by atoms with van der Waals surface area (Å²) in [6.45, 7) is 2.48. The zero-order valence-electron chi connectivity index (χ0n) is 18.9. The Morgan fingerprint density at radius 3 is 2.29 bits per heavy atom. The van der Waals surface area contributed by atoms with Gasteiger partial charge in [-0.2, -0.15) is 0 Å². The molecule has 3 aromatic carbocycles. The summed E-state index contributed by atoms with van der Waals surface area (Å²) in [5, 5.41) is 9.49. The van der Waals surface area contributed by atoms with Gasteiger partial charge in [0.1, 0.15) is 12.4 Å².